The molecule has 0 aromatic heterocycles. The van der Waals surface area contributed by atoms with Crippen molar-refractivity contribution in [3.8, 4) is 0 Å². The SMILES string of the molecule is Cc1ccc(F)cc1NS(=O)(=O)c1ccc(F)c(CN)c1. The van der Waals surface area contributed by atoms with Crippen LogP contribution in [0.5, 0.6) is 0 Å². The van der Waals surface area contributed by atoms with Crippen molar-refractivity contribution in [1.29, 1.82) is 0 Å². The van der Waals surface area contributed by atoms with E-state index in [2.05, 4.69) is 4.72 Å². The van der Waals surface area contributed by atoms with Crippen molar-refractivity contribution in [2.24, 2.45) is 5.73 Å². The summed E-state index contributed by atoms with van der Waals surface area (Å²) >= 11 is 0. The average Bonchev–Trinajstić information content (AvgIpc) is 2.43. The second-order valence-corrected chi connectivity index (χ2v) is 6.20. The third-order valence-electron chi connectivity index (χ3n) is 2.99. The molecule has 112 valence electrons. The number of nitrogens with one attached hydrogen (secondary N) is 1. The van der Waals surface area contributed by atoms with Crippen LogP contribution in [0.3, 0.4) is 0 Å². The lowest BCUT2D eigenvalue weighted by atomic mass is 10.2. The van der Waals surface area contributed by atoms with Gasteiger partial charge in [-0.25, -0.2) is 17.2 Å². The summed E-state index contributed by atoms with van der Waals surface area (Å²) in [7, 11) is -3.94. The van der Waals surface area contributed by atoms with Gasteiger partial charge in [0.1, 0.15) is 11.6 Å². The molecule has 0 fully saturated rings. The molecule has 0 aliphatic rings. The van der Waals surface area contributed by atoms with Crippen molar-refractivity contribution < 1.29 is 17.2 Å². The lowest BCUT2D eigenvalue weighted by Crippen LogP contribution is -2.15. The van der Waals surface area contributed by atoms with Crippen LogP contribution >= 0.6 is 0 Å². The quantitative estimate of drug-likeness (QED) is 0.911. The van der Waals surface area contributed by atoms with E-state index in [9.17, 15) is 17.2 Å². The Kier molecular flexibility index (Phi) is 4.24. The van der Waals surface area contributed by atoms with E-state index in [1.165, 1.54) is 12.1 Å². The molecule has 21 heavy (non-hydrogen) atoms. The number of rotatable bonds is 4. The van der Waals surface area contributed by atoms with Crippen LogP contribution in [0.2, 0.25) is 0 Å². The lowest BCUT2D eigenvalue weighted by molar-refractivity contribution is 0.596. The van der Waals surface area contributed by atoms with Crippen molar-refractivity contribution in [3.05, 3.63) is 59.2 Å². The van der Waals surface area contributed by atoms with Gasteiger partial charge in [0, 0.05) is 12.1 Å². The Morgan fingerprint density at radius 2 is 1.86 bits per heavy atom. The maximum absolute atomic E-state index is 13.4. The highest BCUT2D eigenvalue weighted by Gasteiger charge is 2.17. The molecule has 0 amide bonds. The molecule has 3 N–H and O–H groups in total. The van der Waals surface area contributed by atoms with Crippen LogP contribution in [0.25, 0.3) is 0 Å². The highest BCUT2D eigenvalue weighted by atomic mass is 32.2. The standard InChI is InChI=1S/C14H14F2N2O2S/c1-9-2-3-11(15)7-14(9)18-21(19,20)12-4-5-13(16)10(6-12)8-17/h2-7,18H,8,17H2,1H3. The maximum Gasteiger partial charge on any atom is 0.261 e. The third kappa shape index (κ3) is 3.37. The zero-order valence-corrected chi connectivity index (χ0v) is 12.0. The summed E-state index contributed by atoms with van der Waals surface area (Å²) in [4.78, 5) is -0.131. The van der Waals surface area contributed by atoms with E-state index in [1.54, 1.807) is 6.92 Å². The van der Waals surface area contributed by atoms with Crippen LogP contribution in [0.15, 0.2) is 41.3 Å². The molecule has 0 bridgehead atoms. The Balaban J connectivity index is 2.41. The number of hydrogen-bond donors (Lipinski definition) is 2. The van der Waals surface area contributed by atoms with Gasteiger partial charge in [0.2, 0.25) is 0 Å². The highest BCUT2D eigenvalue weighted by molar-refractivity contribution is 7.92. The second-order valence-electron chi connectivity index (χ2n) is 4.52. The first-order chi connectivity index (χ1) is 9.83. The Morgan fingerprint density at radius 3 is 2.52 bits per heavy atom. The molecular formula is C14H14F2N2O2S. The maximum atomic E-state index is 13.4. The number of benzene rings is 2. The van der Waals surface area contributed by atoms with Crippen molar-refractivity contribution in [2.45, 2.75) is 18.4 Å². The topological polar surface area (TPSA) is 72.2 Å². The number of anilines is 1. The summed E-state index contributed by atoms with van der Waals surface area (Å²) in [6, 6.07) is 7.11. The molecule has 2 aromatic carbocycles. The summed E-state index contributed by atoms with van der Waals surface area (Å²) in [6.07, 6.45) is 0. The van der Waals surface area contributed by atoms with Crippen LogP contribution in [0, 0.1) is 18.6 Å². The summed E-state index contributed by atoms with van der Waals surface area (Å²) in [5.74, 6) is -1.13. The molecule has 0 aliphatic heterocycles. The van der Waals surface area contributed by atoms with Gasteiger partial charge in [-0.1, -0.05) is 6.07 Å². The summed E-state index contributed by atoms with van der Waals surface area (Å²) in [5.41, 5.74) is 6.15. The molecule has 7 heteroatoms. The summed E-state index contributed by atoms with van der Waals surface area (Å²) in [5, 5.41) is 0. The first-order valence-electron chi connectivity index (χ1n) is 6.11. The number of nitrogens with two attached hydrogens (primary N) is 1. The zero-order chi connectivity index (χ0) is 15.6. The van der Waals surface area contributed by atoms with Crippen LogP contribution in [0.1, 0.15) is 11.1 Å². The number of hydrogen-bond acceptors (Lipinski definition) is 3. The van der Waals surface area contributed by atoms with Crippen LogP contribution in [0.4, 0.5) is 14.5 Å². The molecule has 4 nitrogen and oxygen atoms in total. The largest absolute Gasteiger partial charge is 0.326 e. The number of halogens is 2. The fourth-order valence-corrected chi connectivity index (χ4v) is 2.95. The Labute approximate surface area is 121 Å². The van der Waals surface area contributed by atoms with E-state index in [0.717, 1.165) is 24.3 Å². The van der Waals surface area contributed by atoms with Gasteiger partial charge in [0.25, 0.3) is 10.0 Å². The molecule has 0 spiro atoms. The normalized spacial score (nSPS) is 11.4. The van der Waals surface area contributed by atoms with E-state index in [-0.39, 0.29) is 22.7 Å². The monoisotopic (exact) mass is 312 g/mol. The first kappa shape index (κ1) is 15.4. The van der Waals surface area contributed by atoms with E-state index in [4.69, 9.17) is 5.73 Å². The predicted molar refractivity (Wildman–Crippen MR) is 76.2 cm³/mol. The minimum Gasteiger partial charge on any atom is -0.326 e. The molecule has 0 radical (unpaired) electrons. The highest BCUT2D eigenvalue weighted by Crippen LogP contribution is 2.22. The summed E-state index contributed by atoms with van der Waals surface area (Å²) in [6.45, 7) is 1.53. The second kappa shape index (κ2) is 5.79. The predicted octanol–water partition coefficient (Wildman–Crippen LogP) is 2.53. The van der Waals surface area contributed by atoms with E-state index < -0.39 is 21.7 Å². The van der Waals surface area contributed by atoms with Crippen molar-refractivity contribution in [2.75, 3.05) is 4.72 Å². The Bertz CT molecular complexity index is 777. The van der Waals surface area contributed by atoms with Gasteiger partial charge in [-0.05, 0) is 42.8 Å². The van der Waals surface area contributed by atoms with Gasteiger partial charge >= 0.3 is 0 Å². The van der Waals surface area contributed by atoms with E-state index in [1.807, 2.05) is 0 Å². The van der Waals surface area contributed by atoms with Crippen molar-refractivity contribution in [3.63, 3.8) is 0 Å². The molecule has 2 rings (SSSR count). The van der Waals surface area contributed by atoms with Gasteiger partial charge in [-0.15, -0.1) is 0 Å². The first-order valence-corrected chi connectivity index (χ1v) is 7.59. The molecule has 0 saturated carbocycles. The molecular weight excluding hydrogens is 298 g/mol. The fourth-order valence-electron chi connectivity index (χ4n) is 1.78. The van der Waals surface area contributed by atoms with Gasteiger partial charge < -0.3 is 5.73 Å². The van der Waals surface area contributed by atoms with E-state index in [0.29, 0.717) is 5.56 Å². The fraction of sp³-hybridized carbons (Fsp3) is 0.143. The Morgan fingerprint density at radius 1 is 1.14 bits per heavy atom. The van der Waals surface area contributed by atoms with Crippen molar-refractivity contribution >= 4 is 15.7 Å². The van der Waals surface area contributed by atoms with Gasteiger partial charge in [-0.3, -0.25) is 4.72 Å². The third-order valence-corrected chi connectivity index (χ3v) is 4.35. The zero-order valence-electron chi connectivity index (χ0n) is 11.2. The van der Waals surface area contributed by atoms with E-state index >= 15 is 0 Å². The summed E-state index contributed by atoms with van der Waals surface area (Å²) < 4.78 is 53.3. The molecule has 0 heterocycles. The van der Waals surface area contributed by atoms with Crippen LogP contribution < -0.4 is 10.5 Å². The Hall–Kier alpha value is -1.99. The molecule has 0 aliphatic carbocycles. The molecule has 0 unspecified atom stereocenters. The number of sulfonamides is 1. The van der Waals surface area contributed by atoms with Crippen LogP contribution in [-0.4, -0.2) is 8.42 Å². The minimum absolute atomic E-state index is 0.0915. The smallest absolute Gasteiger partial charge is 0.261 e. The lowest BCUT2D eigenvalue weighted by Gasteiger charge is -2.11. The van der Waals surface area contributed by atoms with Crippen LogP contribution in [-0.2, 0) is 16.6 Å². The molecule has 0 atom stereocenters. The molecule has 0 saturated heterocycles. The van der Waals surface area contributed by atoms with Gasteiger partial charge in [-0.2, -0.15) is 0 Å². The van der Waals surface area contributed by atoms with Crippen molar-refractivity contribution in [1.82, 2.24) is 0 Å². The average molecular weight is 312 g/mol. The molecule has 2 aromatic rings. The number of aryl methyl sites for hydroxylation is 1. The minimum atomic E-state index is -3.94. The van der Waals surface area contributed by atoms with Gasteiger partial charge in [0.05, 0.1) is 10.6 Å². The van der Waals surface area contributed by atoms with Gasteiger partial charge in [0.15, 0.2) is 0 Å².